The van der Waals surface area contributed by atoms with Gasteiger partial charge in [-0.2, -0.15) is 0 Å². The van der Waals surface area contributed by atoms with Crippen LogP contribution in [0.5, 0.6) is 5.75 Å². The quantitative estimate of drug-likeness (QED) is 0.620. The van der Waals surface area contributed by atoms with Gasteiger partial charge in [-0.25, -0.2) is 8.42 Å². The summed E-state index contributed by atoms with van der Waals surface area (Å²) < 4.78 is 31.5. The zero-order chi connectivity index (χ0) is 18.4. The Labute approximate surface area is 160 Å². The van der Waals surface area contributed by atoms with Crippen LogP contribution in [-0.2, 0) is 14.6 Å². The Balaban J connectivity index is 1.66. The fraction of sp³-hybridized carbons (Fsp3) is 0.167. The van der Waals surface area contributed by atoms with Crippen molar-refractivity contribution in [1.82, 2.24) is 5.32 Å². The standard InChI is InChI=1S/C18H17NO4S3/c20-17(13-23-14-6-2-1-3-7-14)19-12-16(15-8-4-10-24-15)26(21,22)18-9-5-11-25-18/h1-11,16H,12-13H2,(H,19,20). The molecular weight excluding hydrogens is 390 g/mol. The summed E-state index contributed by atoms with van der Waals surface area (Å²) in [6.45, 7) is -0.169. The van der Waals surface area contributed by atoms with Gasteiger partial charge in [0.15, 0.2) is 16.4 Å². The van der Waals surface area contributed by atoms with Crippen molar-refractivity contribution in [3.63, 3.8) is 0 Å². The molecule has 0 aliphatic rings. The Kier molecular flexibility index (Phi) is 6.08. The van der Waals surface area contributed by atoms with Crippen LogP contribution < -0.4 is 10.1 Å². The molecule has 0 saturated heterocycles. The lowest BCUT2D eigenvalue weighted by atomic mass is 10.3. The number of benzene rings is 1. The summed E-state index contributed by atoms with van der Waals surface area (Å²) >= 11 is 2.54. The summed E-state index contributed by atoms with van der Waals surface area (Å²) in [4.78, 5) is 12.8. The van der Waals surface area contributed by atoms with E-state index < -0.39 is 15.1 Å². The maximum atomic E-state index is 12.9. The fourth-order valence-electron chi connectivity index (χ4n) is 2.33. The molecule has 1 N–H and O–H groups in total. The topological polar surface area (TPSA) is 72.5 Å². The molecule has 0 spiro atoms. The van der Waals surface area contributed by atoms with Gasteiger partial charge in [-0.3, -0.25) is 4.79 Å². The summed E-state index contributed by atoms with van der Waals surface area (Å²) in [5, 5.41) is 5.41. The first-order valence-electron chi connectivity index (χ1n) is 7.83. The average Bonchev–Trinajstić information content (AvgIpc) is 3.35. The van der Waals surface area contributed by atoms with Gasteiger partial charge in [0.2, 0.25) is 0 Å². The van der Waals surface area contributed by atoms with Gasteiger partial charge in [0.1, 0.15) is 15.2 Å². The first-order chi connectivity index (χ1) is 12.6. The van der Waals surface area contributed by atoms with Crippen molar-refractivity contribution in [3.8, 4) is 5.75 Å². The number of thiophene rings is 2. The van der Waals surface area contributed by atoms with Crippen LogP contribution in [0.4, 0.5) is 0 Å². The zero-order valence-electron chi connectivity index (χ0n) is 13.7. The summed E-state index contributed by atoms with van der Waals surface area (Å²) in [7, 11) is -3.57. The molecule has 1 atom stereocenters. The van der Waals surface area contributed by atoms with Crippen molar-refractivity contribution in [2.75, 3.05) is 13.2 Å². The van der Waals surface area contributed by atoms with Crippen molar-refractivity contribution >= 4 is 38.4 Å². The minimum Gasteiger partial charge on any atom is -0.484 e. The molecule has 5 nitrogen and oxygen atoms in total. The fourth-order valence-corrected chi connectivity index (χ4v) is 6.32. The maximum Gasteiger partial charge on any atom is 0.257 e. The van der Waals surface area contributed by atoms with E-state index in [4.69, 9.17) is 4.74 Å². The first-order valence-corrected chi connectivity index (χ1v) is 11.1. The molecule has 0 radical (unpaired) electrons. The van der Waals surface area contributed by atoms with E-state index in [0.717, 1.165) is 0 Å². The van der Waals surface area contributed by atoms with Crippen LogP contribution in [0.1, 0.15) is 10.1 Å². The average molecular weight is 408 g/mol. The van der Waals surface area contributed by atoms with Crippen molar-refractivity contribution in [1.29, 1.82) is 0 Å². The predicted octanol–water partition coefficient (Wildman–Crippen LogP) is 3.52. The van der Waals surface area contributed by atoms with Gasteiger partial charge in [0.25, 0.3) is 5.91 Å². The maximum absolute atomic E-state index is 12.9. The second-order valence-electron chi connectivity index (χ2n) is 5.39. The number of hydrogen-bond donors (Lipinski definition) is 1. The van der Waals surface area contributed by atoms with Gasteiger partial charge in [-0.15, -0.1) is 22.7 Å². The number of nitrogens with one attached hydrogen (secondary N) is 1. The van der Waals surface area contributed by atoms with E-state index in [9.17, 15) is 13.2 Å². The number of para-hydroxylation sites is 1. The third-order valence-electron chi connectivity index (χ3n) is 3.61. The van der Waals surface area contributed by atoms with E-state index >= 15 is 0 Å². The van der Waals surface area contributed by atoms with Crippen LogP contribution in [0.2, 0.25) is 0 Å². The second-order valence-corrected chi connectivity index (χ2v) is 9.67. The number of amides is 1. The molecule has 26 heavy (non-hydrogen) atoms. The Bertz CT molecular complexity index is 920. The van der Waals surface area contributed by atoms with Crippen LogP contribution >= 0.6 is 22.7 Å². The zero-order valence-corrected chi connectivity index (χ0v) is 16.1. The van der Waals surface area contributed by atoms with Crippen LogP contribution in [0.3, 0.4) is 0 Å². The Morgan fingerprint density at radius 1 is 1.00 bits per heavy atom. The third kappa shape index (κ3) is 4.51. The van der Waals surface area contributed by atoms with Gasteiger partial charge in [-0.1, -0.05) is 30.3 Å². The van der Waals surface area contributed by atoms with Gasteiger partial charge < -0.3 is 10.1 Å². The second kappa shape index (κ2) is 8.48. The molecule has 0 saturated carbocycles. The molecule has 2 aromatic heterocycles. The molecule has 0 aliphatic heterocycles. The Morgan fingerprint density at radius 2 is 1.73 bits per heavy atom. The number of ether oxygens (including phenoxy) is 1. The summed E-state index contributed by atoms with van der Waals surface area (Å²) in [5.74, 6) is 0.223. The SMILES string of the molecule is O=C(COc1ccccc1)NCC(c1cccs1)S(=O)(=O)c1cccs1. The lowest BCUT2D eigenvalue weighted by Gasteiger charge is -2.16. The number of carbonyl (C=O) groups is 1. The monoisotopic (exact) mass is 407 g/mol. The number of sulfone groups is 1. The van der Waals surface area contributed by atoms with Crippen LogP contribution in [0, 0.1) is 0 Å². The Morgan fingerprint density at radius 3 is 2.38 bits per heavy atom. The number of hydrogen-bond acceptors (Lipinski definition) is 6. The summed E-state index contributed by atoms with van der Waals surface area (Å²) in [5.41, 5.74) is 0. The van der Waals surface area contributed by atoms with Crippen molar-refractivity contribution in [2.24, 2.45) is 0 Å². The molecule has 1 aromatic carbocycles. The first kappa shape index (κ1) is 18.6. The Hall–Kier alpha value is -2.16. The van der Waals surface area contributed by atoms with Crippen molar-refractivity contribution in [2.45, 2.75) is 9.46 Å². The van der Waals surface area contributed by atoms with E-state index in [2.05, 4.69) is 5.32 Å². The van der Waals surface area contributed by atoms with Gasteiger partial charge in [0, 0.05) is 11.4 Å². The van der Waals surface area contributed by atoms with Gasteiger partial charge >= 0.3 is 0 Å². The number of carbonyl (C=O) groups excluding carboxylic acids is 1. The molecule has 0 bridgehead atoms. The van der Waals surface area contributed by atoms with E-state index in [1.54, 1.807) is 41.8 Å². The van der Waals surface area contributed by atoms with Crippen LogP contribution in [0.15, 0.2) is 69.6 Å². The van der Waals surface area contributed by atoms with Gasteiger partial charge in [0.05, 0.1) is 0 Å². The molecule has 8 heteroatoms. The molecule has 3 rings (SSSR count). The highest BCUT2D eigenvalue weighted by Crippen LogP contribution is 2.33. The third-order valence-corrected chi connectivity index (χ3v) is 8.26. The molecule has 1 amide bonds. The van der Waals surface area contributed by atoms with Crippen molar-refractivity contribution in [3.05, 3.63) is 70.2 Å². The van der Waals surface area contributed by atoms with E-state index in [-0.39, 0.29) is 19.1 Å². The highest BCUT2D eigenvalue weighted by Gasteiger charge is 2.31. The van der Waals surface area contributed by atoms with E-state index in [0.29, 0.717) is 14.8 Å². The highest BCUT2D eigenvalue weighted by molar-refractivity contribution is 7.93. The normalized spacial score (nSPS) is 12.5. The van der Waals surface area contributed by atoms with Crippen LogP contribution in [-0.4, -0.2) is 27.5 Å². The van der Waals surface area contributed by atoms with E-state index in [1.165, 1.54) is 22.7 Å². The molecule has 136 valence electrons. The highest BCUT2D eigenvalue weighted by atomic mass is 32.2. The molecule has 3 aromatic rings. The minimum atomic E-state index is -3.57. The van der Waals surface area contributed by atoms with E-state index in [1.807, 2.05) is 23.6 Å². The lowest BCUT2D eigenvalue weighted by Crippen LogP contribution is -2.34. The molecule has 1 unspecified atom stereocenters. The molecule has 0 aliphatic carbocycles. The van der Waals surface area contributed by atoms with Gasteiger partial charge in [-0.05, 0) is 35.0 Å². The van der Waals surface area contributed by atoms with Crippen molar-refractivity contribution < 1.29 is 17.9 Å². The predicted molar refractivity (Wildman–Crippen MR) is 104 cm³/mol. The molecule has 2 heterocycles. The summed E-state index contributed by atoms with van der Waals surface area (Å²) in [6.07, 6.45) is 0. The van der Waals surface area contributed by atoms with Crippen LogP contribution in [0.25, 0.3) is 0 Å². The lowest BCUT2D eigenvalue weighted by molar-refractivity contribution is -0.123. The minimum absolute atomic E-state index is 0.00225. The molecular formula is C18H17NO4S3. The summed E-state index contributed by atoms with van der Waals surface area (Å²) in [6, 6.07) is 15.8. The molecule has 0 fully saturated rings. The largest absolute Gasteiger partial charge is 0.484 e. The smallest absolute Gasteiger partial charge is 0.257 e. The number of rotatable bonds is 8.